The van der Waals surface area contributed by atoms with Crippen LogP contribution in [0.5, 0.6) is 0 Å². The van der Waals surface area contributed by atoms with E-state index in [1.165, 1.54) is 30.5 Å². The molecule has 0 saturated carbocycles. The number of pyridine rings is 1. The topological polar surface area (TPSA) is 34.2 Å². The van der Waals surface area contributed by atoms with Crippen molar-refractivity contribution in [2.75, 3.05) is 13.2 Å². The number of ether oxygens (including phenoxy) is 1. The highest BCUT2D eigenvalue weighted by Crippen LogP contribution is 2.41. The number of nitrogens with one attached hydrogen (secondary N) is 1. The van der Waals surface area contributed by atoms with Gasteiger partial charge in [-0.3, -0.25) is 4.98 Å². The van der Waals surface area contributed by atoms with Crippen molar-refractivity contribution in [1.82, 2.24) is 10.3 Å². The summed E-state index contributed by atoms with van der Waals surface area (Å²) in [6.07, 6.45) is 7.93. The minimum absolute atomic E-state index is 0.0436. The Labute approximate surface area is 122 Å². The standard InChI is InChI=1S/C17H26N2O/c1-3-18-16(17(2)10-4-5-12-20-17)14-9-8-13-7-6-11-19-15(13)14/h6-7,11,14,16,18H,3-5,8-10,12H2,1-2H3. The van der Waals surface area contributed by atoms with Crippen molar-refractivity contribution in [1.29, 1.82) is 0 Å². The van der Waals surface area contributed by atoms with Crippen LogP contribution in [0.2, 0.25) is 0 Å². The summed E-state index contributed by atoms with van der Waals surface area (Å²) in [6.45, 7) is 6.37. The zero-order valence-electron chi connectivity index (χ0n) is 12.7. The summed E-state index contributed by atoms with van der Waals surface area (Å²) in [5.74, 6) is 0.495. The van der Waals surface area contributed by atoms with Gasteiger partial charge in [0, 0.05) is 30.5 Å². The van der Waals surface area contributed by atoms with Gasteiger partial charge in [-0.05, 0) is 57.2 Å². The van der Waals surface area contributed by atoms with E-state index in [0.29, 0.717) is 12.0 Å². The van der Waals surface area contributed by atoms with Gasteiger partial charge in [0.15, 0.2) is 0 Å². The molecular formula is C17H26N2O. The highest BCUT2D eigenvalue weighted by atomic mass is 16.5. The lowest BCUT2D eigenvalue weighted by atomic mass is 9.79. The molecule has 20 heavy (non-hydrogen) atoms. The molecule has 0 amide bonds. The van der Waals surface area contributed by atoms with E-state index in [2.05, 4.69) is 36.3 Å². The van der Waals surface area contributed by atoms with Crippen LogP contribution in [0.25, 0.3) is 0 Å². The molecule has 1 aromatic heterocycles. The Morgan fingerprint density at radius 1 is 1.50 bits per heavy atom. The van der Waals surface area contributed by atoms with E-state index >= 15 is 0 Å². The molecule has 0 bridgehead atoms. The number of hydrogen-bond acceptors (Lipinski definition) is 3. The molecule has 1 saturated heterocycles. The molecule has 3 rings (SSSR count). The van der Waals surface area contributed by atoms with E-state index in [9.17, 15) is 0 Å². The summed E-state index contributed by atoms with van der Waals surface area (Å²) in [5, 5.41) is 3.71. The average molecular weight is 274 g/mol. The van der Waals surface area contributed by atoms with Crippen molar-refractivity contribution in [2.24, 2.45) is 0 Å². The summed E-state index contributed by atoms with van der Waals surface area (Å²) in [7, 11) is 0. The molecule has 1 N–H and O–H groups in total. The zero-order valence-corrected chi connectivity index (χ0v) is 12.7. The van der Waals surface area contributed by atoms with Gasteiger partial charge in [0.25, 0.3) is 0 Å². The van der Waals surface area contributed by atoms with Gasteiger partial charge in [-0.1, -0.05) is 13.0 Å². The third-order valence-corrected chi connectivity index (χ3v) is 4.99. The van der Waals surface area contributed by atoms with Crippen LogP contribution in [-0.4, -0.2) is 29.8 Å². The molecule has 2 heterocycles. The van der Waals surface area contributed by atoms with Gasteiger partial charge in [0.2, 0.25) is 0 Å². The van der Waals surface area contributed by atoms with Crippen LogP contribution in [0, 0.1) is 0 Å². The Kier molecular flexibility index (Phi) is 4.08. The molecule has 0 spiro atoms. The van der Waals surface area contributed by atoms with E-state index in [-0.39, 0.29) is 5.60 Å². The third-order valence-electron chi connectivity index (χ3n) is 4.99. The number of nitrogens with zero attached hydrogens (tertiary/aromatic N) is 1. The predicted octanol–water partition coefficient (Wildman–Crippen LogP) is 3.05. The van der Waals surface area contributed by atoms with Crippen molar-refractivity contribution < 1.29 is 4.74 Å². The molecule has 1 aliphatic carbocycles. The lowest BCUT2D eigenvalue weighted by Gasteiger charge is -2.43. The van der Waals surface area contributed by atoms with Gasteiger partial charge >= 0.3 is 0 Å². The van der Waals surface area contributed by atoms with E-state index in [0.717, 1.165) is 26.0 Å². The first-order valence-corrected chi connectivity index (χ1v) is 8.06. The molecule has 1 aliphatic heterocycles. The fraction of sp³-hybridized carbons (Fsp3) is 0.706. The summed E-state index contributed by atoms with van der Waals surface area (Å²) in [5.41, 5.74) is 2.69. The van der Waals surface area contributed by atoms with Gasteiger partial charge < -0.3 is 10.1 Å². The van der Waals surface area contributed by atoms with Crippen LogP contribution in [-0.2, 0) is 11.2 Å². The first-order chi connectivity index (χ1) is 9.74. The molecule has 2 aliphatic rings. The Bertz CT molecular complexity index is 454. The molecule has 110 valence electrons. The molecule has 0 aromatic carbocycles. The second-order valence-corrected chi connectivity index (χ2v) is 6.35. The number of hydrogen-bond donors (Lipinski definition) is 1. The van der Waals surface area contributed by atoms with Crippen molar-refractivity contribution >= 4 is 0 Å². The van der Waals surface area contributed by atoms with Crippen LogP contribution in [0.1, 0.15) is 56.7 Å². The number of rotatable bonds is 4. The van der Waals surface area contributed by atoms with Crippen molar-refractivity contribution in [3.05, 3.63) is 29.6 Å². The molecule has 1 aromatic rings. The SMILES string of the molecule is CCNC(C1CCc2cccnc21)C1(C)CCCCO1. The van der Waals surface area contributed by atoms with E-state index in [4.69, 9.17) is 4.74 Å². The first kappa shape index (κ1) is 14.0. The quantitative estimate of drug-likeness (QED) is 0.916. The van der Waals surface area contributed by atoms with Crippen molar-refractivity contribution in [3.63, 3.8) is 0 Å². The van der Waals surface area contributed by atoms with Crippen LogP contribution in [0.3, 0.4) is 0 Å². The number of aromatic nitrogens is 1. The summed E-state index contributed by atoms with van der Waals surface area (Å²) in [6, 6.07) is 4.67. The molecule has 3 heteroatoms. The third kappa shape index (κ3) is 2.49. The van der Waals surface area contributed by atoms with Crippen LogP contribution < -0.4 is 5.32 Å². The smallest absolute Gasteiger partial charge is 0.0813 e. The van der Waals surface area contributed by atoms with Crippen molar-refractivity contribution in [3.8, 4) is 0 Å². The Hall–Kier alpha value is -0.930. The maximum Gasteiger partial charge on any atom is 0.0813 e. The second kappa shape index (κ2) is 5.82. The molecular weight excluding hydrogens is 248 g/mol. The predicted molar refractivity (Wildman–Crippen MR) is 81.0 cm³/mol. The fourth-order valence-electron chi connectivity index (χ4n) is 3.97. The lowest BCUT2D eigenvalue weighted by Crippen LogP contribution is -2.54. The maximum absolute atomic E-state index is 6.22. The minimum atomic E-state index is -0.0436. The molecule has 3 atom stereocenters. The number of fused-ring (bicyclic) bond motifs is 1. The summed E-state index contributed by atoms with van der Waals surface area (Å²) < 4.78 is 6.22. The Morgan fingerprint density at radius 2 is 2.40 bits per heavy atom. The summed E-state index contributed by atoms with van der Waals surface area (Å²) in [4.78, 5) is 4.67. The fourth-order valence-corrected chi connectivity index (χ4v) is 3.97. The average Bonchev–Trinajstić information content (AvgIpc) is 2.89. The Morgan fingerprint density at radius 3 is 3.15 bits per heavy atom. The number of aryl methyl sites for hydroxylation is 1. The van der Waals surface area contributed by atoms with E-state index in [1.807, 2.05) is 6.20 Å². The minimum Gasteiger partial charge on any atom is -0.374 e. The molecule has 3 unspecified atom stereocenters. The monoisotopic (exact) mass is 274 g/mol. The van der Waals surface area contributed by atoms with Crippen LogP contribution in [0.4, 0.5) is 0 Å². The largest absolute Gasteiger partial charge is 0.374 e. The second-order valence-electron chi connectivity index (χ2n) is 6.35. The van der Waals surface area contributed by atoms with Gasteiger partial charge in [0.05, 0.1) is 5.60 Å². The Balaban J connectivity index is 1.88. The zero-order chi connectivity index (χ0) is 14.0. The summed E-state index contributed by atoms with van der Waals surface area (Å²) >= 11 is 0. The van der Waals surface area contributed by atoms with Gasteiger partial charge in [-0.2, -0.15) is 0 Å². The highest BCUT2D eigenvalue weighted by Gasteiger charge is 2.43. The highest BCUT2D eigenvalue weighted by molar-refractivity contribution is 5.31. The van der Waals surface area contributed by atoms with E-state index in [1.54, 1.807) is 0 Å². The lowest BCUT2D eigenvalue weighted by molar-refractivity contribution is -0.0937. The van der Waals surface area contributed by atoms with E-state index < -0.39 is 0 Å². The molecule has 3 nitrogen and oxygen atoms in total. The molecule has 1 fully saturated rings. The van der Waals surface area contributed by atoms with Crippen LogP contribution >= 0.6 is 0 Å². The maximum atomic E-state index is 6.22. The van der Waals surface area contributed by atoms with Crippen molar-refractivity contribution in [2.45, 2.75) is 63.5 Å². The van der Waals surface area contributed by atoms with Gasteiger partial charge in [-0.25, -0.2) is 0 Å². The van der Waals surface area contributed by atoms with Gasteiger partial charge in [-0.15, -0.1) is 0 Å². The van der Waals surface area contributed by atoms with Crippen LogP contribution in [0.15, 0.2) is 18.3 Å². The number of likely N-dealkylation sites (N-methyl/N-ethyl adjacent to an activating group) is 1. The normalized spacial score (nSPS) is 31.0. The molecule has 0 radical (unpaired) electrons. The first-order valence-electron chi connectivity index (χ1n) is 8.06. The van der Waals surface area contributed by atoms with Gasteiger partial charge in [0.1, 0.15) is 0 Å².